The van der Waals surface area contributed by atoms with Gasteiger partial charge in [0.25, 0.3) is 5.91 Å². The minimum atomic E-state index is -0.656. The summed E-state index contributed by atoms with van der Waals surface area (Å²) in [6, 6.07) is 13.7. The van der Waals surface area contributed by atoms with Gasteiger partial charge in [-0.05, 0) is 50.1 Å². The van der Waals surface area contributed by atoms with Crippen molar-refractivity contribution in [3.63, 3.8) is 0 Å². The topological polar surface area (TPSA) is 58.6 Å². The fourth-order valence-corrected chi connectivity index (χ4v) is 3.57. The van der Waals surface area contributed by atoms with E-state index in [0.29, 0.717) is 29.2 Å². The molecule has 0 aliphatic carbocycles. The van der Waals surface area contributed by atoms with Crippen LogP contribution in [0.2, 0.25) is 5.02 Å². The van der Waals surface area contributed by atoms with Crippen molar-refractivity contribution < 1.29 is 14.3 Å². The number of ether oxygens (including phenoxy) is 1. The fourth-order valence-electron chi connectivity index (χ4n) is 3.37. The molecule has 2 amide bonds. The second-order valence-electron chi connectivity index (χ2n) is 7.58. The third kappa shape index (κ3) is 5.22. The molecule has 0 saturated carbocycles. The molecular formula is C24H27ClN2O3. The number of benzene rings is 2. The molecular weight excluding hydrogens is 400 g/mol. The Kier molecular flexibility index (Phi) is 7.16. The number of likely N-dealkylation sites (N-methyl/N-ethyl adjacent to an activating group) is 1. The average Bonchev–Trinajstić information content (AvgIpc) is 2.74. The summed E-state index contributed by atoms with van der Waals surface area (Å²) in [7, 11) is 1.63. The predicted octanol–water partition coefficient (Wildman–Crippen LogP) is 4.78. The summed E-state index contributed by atoms with van der Waals surface area (Å²) in [5, 5.41) is 3.69. The maximum absolute atomic E-state index is 13.1. The summed E-state index contributed by atoms with van der Waals surface area (Å²) in [6.07, 6.45) is 5.29. The number of carbonyl (C=O) groups excluding carboxylic acids is 2. The van der Waals surface area contributed by atoms with Crippen LogP contribution in [0.25, 0.3) is 0 Å². The molecule has 0 aromatic heterocycles. The Morgan fingerprint density at radius 3 is 2.53 bits per heavy atom. The molecule has 0 spiro atoms. The Balaban J connectivity index is 1.93. The van der Waals surface area contributed by atoms with Crippen LogP contribution in [0.5, 0.6) is 5.75 Å². The molecule has 6 heteroatoms. The molecule has 3 atom stereocenters. The third-order valence-electron chi connectivity index (χ3n) is 5.30. The molecule has 1 aliphatic rings. The smallest absolute Gasteiger partial charge is 0.258 e. The summed E-state index contributed by atoms with van der Waals surface area (Å²) in [5.41, 5.74) is 1.36. The molecule has 1 heterocycles. The summed E-state index contributed by atoms with van der Waals surface area (Å²) in [6.45, 7) is 3.69. The van der Waals surface area contributed by atoms with Gasteiger partial charge in [-0.1, -0.05) is 48.0 Å². The Labute approximate surface area is 182 Å². The Morgan fingerprint density at radius 2 is 1.77 bits per heavy atom. The van der Waals surface area contributed by atoms with Crippen molar-refractivity contribution in [3.8, 4) is 5.75 Å². The highest BCUT2D eigenvalue weighted by Crippen LogP contribution is 2.25. The van der Waals surface area contributed by atoms with Gasteiger partial charge in [0.15, 0.2) is 0 Å². The van der Waals surface area contributed by atoms with Crippen LogP contribution in [0.4, 0.5) is 0 Å². The molecule has 1 aliphatic heterocycles. The first-order valence-corrected chi connectivity index (χ1v) is 10.5. The van der Waals surface area contributed by atoms with Crippen LogP contribution in [0.3, 0.4) is 0 Å². The van der Waals surface area contributed by atoms with Crippen molar-refractivity contribution in [3.05, 3.63) is 76.8 Å². The first-order chi connectivity index (χ1) is 14.4. The Hall–Kier alpha value is -2.79. The highest BCUT2D eigenvalue weighted by Gasteiger charge is 2.27. The maximum atomic E-state index is 13.1. The highest BCUT2D eigenvalue weighted by molar-refractivity contribution is 6.30. The molecule has 0 saturated heterocycles. The van der Waals surface area contributed by atoms with E-state index in [9.17, 15) is 9.59 Å². The van der Waals surface area contributed by atoms with Crippen molar-refractivity contribution in [1.29, 1.82) is 0 Å². The van der Waals surface area contributed by atoms with Crippen LogP contribution < -0.4 is 10.1 Å². The lowest BCUT2D eigenvalue weighted by atomic mass is 10.0. The lowest BCUT2D eigenvalue weighted by Crippen LogP contribution is -2.47. The van der Waals surface area contributed by atoms with Gasteiger partial charge in [0.05, 0.1) is 17.7 Å². The van der Waals surface area contributed by atoms with Gasteiger partial charge in [-0.15, -0.1) is 0 Å². The number of hydrogen-bond donors (Lipinski definition) is 1. The first-order valence-electron chi connectivity index (χ1n) is 10.1. The second kappa shape index (κ2) is 9.81. The van der Waals surface area contributed by atoms with Crippen molar-refractivity contribution in [2.24, 2.45) is 0 Å². The van der Waals surface area contributed by atoms with Crippen LogP contribution in [0.15, 0.2) is 60.7 Å². The van der Waals surface area contributed by atoms with Crippen LogP contribution in [0.1, 0.15) is 48.7 Å². The molecule has 5 nitrogen and oxygen atoms in total. The summed E-state index contributed by atoms with van der Waals surface area (Å²) in [5.74, 6) is 0.0390. The van der Waals surface area contributed by atoms with Crippen molar-refractivity contribution in [2.45, 2.75) is 44.9 Å². The van der Waals surface area contributed by atoms with Crippen LogP contribution in [-0.2, 0) is 4.79 Å². The standard InChI is InChI=1S/C24H27ClN2O3/c1-16-9-4-6-13-21(18-10-8-11-19(25)15-18)26-23(28)17(2)27(3)24(29)20-12-5-7-14-22(20)30-16/h4-8,10-12,14-17,21H,9,13H2,1-3H3,(H,26,28)/b6-4+/t16-,17-,21+/m1/s1. The molecule has 2 aromatic carbocycles. The monoisotopic (exact) mass is 426 g/mol. The largest absolute Gasteiger partial charge is 0.490 e. The van der Waals surface area contributed by atoms with E-state index in [-0.39, 0.29) is 24.0 Å². The first kappa shape index (κ1) is 21.9. The van der Waals surface area contributed by atoms with Gasteiger partial charge in [0.1, 0.15) is 11.8 Å². The molecule has 0 unspecified atom stereocenters. The average molecular weight is 427 g/mol. The van der Waals surface area contributed by atoms with Gasteiger partial charge in [-0.25, -0.2) is 0 Å². The van der Waals surface area contributed by atoms with Gasteiger partial charge < -0.3 is 15.0 Å². The molecule has 0 fully saturated rings. The minimum Gasteiger partial charge on any atom is -0.490 e. The molecule has 30 heavy (non-hydrogen) atoms. The maximum Gasteiger partial charge on any atom is 0.258 e. The predicted molar refractivity (Wildman–Crippen MR) is 119 cm³/mol. The zero-order chi connectivity index (χ0) is 21.7. The lowest BCUT2D eigenvalue weighted by Gasteiger charge is -2.28. The van der Waals surface area contributed by atoms with Crippen molar-refractivity contribution >= 4 is 23.4 Å². The normalized spacial score (nSPS) is 24.3. The quantitative estimate of drug-likeness (QED) is 0.668. The lowest BCUT2D eigenvalue weighted by molar-refractivity contribution is -0.125. The van der Waals surface area contributed by atoms with Gasteiger partial charge in [-0.3, -0.25) is 9.59 Å². The summed E-state index contributed by atoms with van der Waals surface area (Å²) in [4.78, 5) is 27.5. The number of para-hydroxylation sites is 1. The van der Waals surface area contributed by atoms with E-state index >= 15 is 0 Å². The number of amides is 2. The molecule has 2 aromatic rings. The molecule has 1 N–H and O–H groups in total. The Bertz CT molecular complexity index is 944. The fraction of sp³-hybridized carbons (Fsp3) is 0.333. The van der Waals surface area contributed by atoms with E-state index in [1.807, 2.05) is 43.3 Å². The number of hydrogen-bond acceptors (Lipinski definition) is 3. The molecule has 0 bridgehead atoms. The number of nitrogens with zero attached hydrogens (tertiary/aromatic N) is 1. The minimum absolute atomic E-state index is 0.0971. The van der Waals surface area contributed by atoms with E-state index in [2.05, 4.69) is 5.32 Å². The summed E-state index contributed by atoms with van der Waals surface area (Å²) < 4.78 is 6.03. The van der Waals surface area contributed by atoms with Gasteiger partial charge in [-0.2, -0.15) is 0 Å². The molecule has 0 radical (unpaired) electrons. The number of fused-ring (bicyclic) bond motifs is 1. The number of halogens is 1. The van der Waals surface area contributed by atoms with Gasteiger partial charge in [0.2, 0.25) is 5.91 Å². The molecule has 3 rings (SSSR count). The highest BCUT2D eigenvalue weighted by atomic mass is 35.5. The second-order valence-corrected chi connectivity index (χ2v) is 8.01. The summed E-state index contributed by atoms with van der Waals surface area (Å²) >= 11 is 6.16. The Morgan fingerprint density at radius 1 is 1.03 bits per heavy atom. The third-order valence-corrected chi connectivity index (χ3v) is 5.54. The van der Waals surface area contributed by atoms with E-state index in [1.165, 1.54) is 4.90 Å². The SMILES string of the molecule is C[C@@H]1C/C=C/C[C@@H](c2cccc(Cl)c2)NC(=O)[C@@H](C)N(C)C(=O)c2ccccc2O1. The molecule has 158 valence electrons. The number of rotatable bonds is 1. The zero-order valence-electron chi connectivity index (χ0n) is 17.5. The van der Waals surface area contributed by atoms with Crippen LogP contribution in [0, 0.1) is 0 Å². The van der Waals surface area contributed by atoms with Crippen LogP contribution in [-0.4, -0.2) is 35.9 Å². The van der Waals surface area contributed by atoms with E-state index in [4.69, 9.17) is 16.3 Å². The van der Waals surface area contributed by atoms with Gasteiger partial charge >= 0.3 is 0 Å². The van der Waals surface area contributed by atoms with Crippen molar-refractivity contribution in [1.82, 2.24) is 10.2 Å². The number of nitrogens with one attached hydrogen (secondary N) is 1. The zero-order valence-corrected chi connectivity index (χ0v) is 18.2. The van der Waals surface area contributed by atoms with Gasteiger partial charge in [0, 0.05) is 18.5 Å². The van der Waals surface area contributed by atoms with E-state index in [1.54, 1.807) is 38.2 Å². The van der Waals surface area contributed by atoms with Crippen molar-refractivity contribution in [2.75, 3.05) is 7.05 Å². The number of carbonyl (C=O) groups is 2. The van der Waals surface area contributed by atoms with E-state index < -0.39 is 6.04 Å². The van der Waals surface area contributed by atoms with Crippen LogP contribution >= 0.6 is 11.6 Å². The van der Waals surface area contributed by atoms with E-state index in [0.717, 1.165) is 5.56 Å².